The van der Waals surface area contributed by atoms with Gasteiger partial charge in [0.2, 0.25) is 0 Å². The molecule has 0 saturated carbocycles. The van der Waals surface area contributed by atoms with Crippen molar-refractivity contribution in [3.8, 4) is 0 Å². The lowest BCUT2D eigenvalue weighted by Crippen LogP contribution is -2.17. The lowest BCUT2D eigenvalue weighted by molar-refractivity contribution is 0.494. The highest BCUT2D eigenvalue weighted by Crippen LogP contribution is 2.18. The first kappa shape index (κ1) is 14.3. The number of hydrogen-bond donors (Lipinski definition) is 1. The predicted molar refractivity (Wildman–Crippen MR) is 81.9 cm³/mol. The molecule has 0 amide bonds. The Balaban J connectivity index is 1.89. The van der Waals surface area contributed by atoms with Crippen molar-refractivity contribution in [2.24, 2.45) is 18.7 Å². The average molecular weight is 322 g/mol. The number of halogens is 1. The molecule has 0 aliphatic carbocycles. The zero-order chi connectivity index (χ0) is 13.7. The van der Waals surface area contributed by atoms with Crippen molar-refractivity contribution in [1.82, 2.24) is 9.78 Å². The highest BCUT2D eigenvalue weighted by Gasteiger charge is 2.09. The van der Waals surface area contributed by atoms with E-state index in [0.29, 0.717) is 5.92 Å². The lowest BCUT2D eigenvalue weighted by atomic mass is 9.94. The van der Waals surface area contributed by atoms with Gasteiger partial charge in [-0.2, -0.15) is 5.10 Å². The molecule has 1 unspecified atom stereocenters. The number of nitrogens with two attached hydrogens (primary N) is 1. The van der Waals surface area contributed by atoms with Gasteiger partial charge in [-0.25, -0.2) is 0 Å². The topological polar surface area (TPSA) is 43.8 Å². The fourth-order valence-electron chi connectivity index (χ4n) is 2.27. The first-order chi connectivity index (χ1) is 9.17. The molecule has 1 aromatic carbocycles. The Morgan fingerprint density at radius 3 is 2.84 bits per heavy atom. The van der Waals surface area contributed by atoms with Gasteiger partial charge in [-0.3, -0.25) is 4.68 Å². The molecule has 1 aromatic heterocycles. The molecule has 0 fully saturated rings. The van der Waals surface area contributed by atoms with Gasteiger partial charge in [0.1, 0.15) is 0 Å². The van der Waals surface area contributed by atoms with Crippen LogP contribution in [0.3, 0.4) is 0 Å². The molecule has 2 N–H and O–H groups in total. The quantitative estimate of drug-likeness (QED) is 0.889. The van der Waals surface area contributed by atoms with E-state index >= 15 is 0 Å². The second-order valence-corrected chi connectivity index (χ2v) is 5.91. The summed E-state index contributed by atoms with van der Waals surface area (Å²) in [5.74, 6) is 0.523. The predicted octanol–water partition coefficient (Wildman–Crippen LogP) is 2.93. The minimum atomic E-state index is 0.523. The summed E-state index contributed by atoms with van der Waals surface area (Å²) in [4.78, 5) is 0. The molecule has 0 aliphatic heterocycles. The van der Waals surface area contributed by atoms with E-state index in [-0.39, 0.29) is 0 Å². The molecule has 0 bridgehead atoms. The molecular formula is C15H20BrN3. The van der Waals surface area contributed by atoms with Crippen molar-refractivity contribution in [1.29, 1.82) is 0 Å². The van der Waals surface area contributed by atoms with Crippen molar-refractivity contribution in [2.75, 3.05) is 6.54 Å². The number of benzene rings is 1. The van der Waals surface area contributed by atoms with Crippen molar-refractivity contribution in [3.63, 3.8) is 0 Å². The fourth-order valence-corrected chi connectivity index (χ4v) is 2.72. The van der Waals surface area contributed by atoms with Gasteiger partial charge in [0.15, 0.2) is 0 Å². The van der Waals surface area contributed by atoms with Crippen molar-refractivity contribution in [2.45, 2.75) is 19.3 Å². The van der Waals surface area contributed by atoms with Crippen LogP contribution in [-0.2, 0) is 19.9 Å². The molecule has 0 spiro atoms. The summed E-state index contributed by atoms with van der Waals surface area (Å²) in [6.07, 6.45) is 7.20. The smallest absolute Gasteiger partial charge is 0.0521 e. The van der Waals surface area contributed by atoms with Gasteiger partial charge in [-0.15, -0.1) is 0 Å². The van der Waals surface area contributed by atoms with Crippen LogP contribution < -0.4 is 5.73 Å². The molecule has 19 heavy (non-hydrogen) atoms. The molecule has 0 aliphatic rings. The number of hydrogen-bond acceptors (Lipinski definition) is 2. The first-order valence-corrected chi connectivity index (χ1v) is 7.38. The lowest BCUT2D eigenvalue weighted by Gasteiger charge is -2.14. The van der Waals surface area contributed by atoms with E-state index < -0.39 is 0 Å². The summed E-state index contributed by atoms with van der Waals surface area (Å²) in [7, 11) is 1.95. The van der Waals surface area contributed by atoms with Crippen molar-refractivity contribution < 1.29 is 0 Å². The Bertz CT molecular complexity index is 522. The first-order valence-electron chi connectivity index (χ1n) is 6.59. The summed E-state index contributed by atoms with van der Waals surface area (Å²) < 4.78 is 2.98. The maximum absolute atomic E-state index is 5.90. The number of rotatable bonds is 6. The molecule has 2 aromatic rings. The monoisotopic (exact) mass is 321 g/mol. The van der Waals surface area contributed by atoms with E-state index in [9.17, 15) is 0 Å². The summed E-state index contributed by atoms with van der Waals surface area (Å²) in [5.41, 5.74) is 8.53. The molecule has 0 saturated heterocycles. The zero-order valence-electron chi connectivity index (χ0n) is 11.2. The highest BCUT2D eigenvalue weighted by molar-refractivity contribution is 9.10. The third-order valence-corrected chi connectivity index (χ3v) is 3.84. The standard InChI is InChI=1S/C15H20BrN3/c1-19-11-14(10-18-19)6-5-13(9-17)7-12-3-2-4-15(16)8-12/h2-4,8,10-11,13H,5-7,9,17H2,1H3. The SMILES string of the molecule is Cn1cc(CCC(CN)Cc2cccc(Br)c2)cn1. The van der Waals surface area contributed by atoms with Crippen LogP contribution in [0.15, 0.2) is 41.1 Å². The van der Waals surface area contributed by atoms with Crippen LogP contribution >= 0.6 is 15.9 Å². The number of aromatic nitrogens is 2. The Hall–Kier alpha value is -1.13. The minimum absolute atomic E-state index is 0.523. The molecule has 102 valence electrons. The van der Waals surface area contributed by atoms with Crippen molar-refractivity contribution in [3.05, 3.63) is 52.3 Å². The van der Waals surface area contributed by atoms with E-state index in [1.54, 1.807) is 0 Å². The third-order valence-electron chi connectivity index (χ3n) is 3.35. The van der Waals surface area contributed by atoms with Gasteiger partial charge in [0.05, 0.1) is 6.20 Å². The van der Waals surface area contributed by atoms with E-state index in [0.717, 1.165) is 30.3 Å². The molecule has 4 heteroatoms. The van der Waals surface area contributed by atoms with E-state index in [1.807, 2.05) is 17.9 Å². The maximum Gasteiger partial charge on any atom is 0.0521 e. The fraction of sp³-hybridized carbons (Fsp3) is 0.400. The second kappa shape index (κ2) is 6.87. The highest BCUT2D eigenvalue weighted by atomic mass is 79.9. The van der Waals surface area contributed by atoms with Crippen LogP contribution in [0.5, 0.6) is 0 Å². The van der Waals surface area contributed by atoms with Crippen LogP contribution in [-0.4, -0.2) is 16.3 Å². The molecular weight excluding hydrogens is 302 g/mol. The van der Waals surface area contributed by atoms with Gasteiger partial charge in [-0.1, -0.05) is 28.1 Å². The normalized spacial score (nSPS) is 12.6. The van der Waals surface area contributed by atoms with Crippen molar-refractivity contribution >= 4 is 15.9 Å². The largest absolute Gasteiger partial charge is 0.330 e. The van der Waals surface area contributed by atoms with Gasteiger partial charge in [-0.05, 0) is 55.0 Å². The Kier molecular flexibility index (Phi) is 5.16. The average Bonchev–Trinajstić information content (AvgIpc) is 2.80. The molecule has 2 rings (SSSR count). The van der Waals surface area contributed by atoms with Gasteiger partial charge >= 0.3 is 0 Å². The van der Waals surface area contributed by atoms with Crippen LogP contribution in [0.25, 0.3) is 0 Å². The van der Waals surface area contributed by atoms with Crippen LogP contribution in [0.1, 0.15) is 17.5 Å². The van der Waals surface area contributed by atoms with Gasteiger partial charge in [0.25, 0.3) is 0 Å². The summed E-state index contributed by atoms with van der Waals surface area (Å²) in [6.45, 7) is 0.729. The Labute approximate surface area is 122 Å². The van der Waals surface area contributed by atoms with E-state index in [2.05, 4.69) is 51.5 Å². The van der Waals surface area contributed by atoms with Crippen LogP contribution in [0.2, 0.25) is 0 Å². The Morgan fingerprint density at radius 1 is 1.37 bits per heavy atom. The second-order valence-electron chi connectivity index (χ2n) is 5.00. The Morgan fingerprint density at radius 2 is 2.21 bits per heavy atom. The number of nitrogens with zero attached hydrogens (tertiary/aromatic N) is 2. The summed E-state index contributed by atoms with van der Waals surface area (Å²) >= 11 is 3.51. The van der Waals surface area contributed by atoms with Crippen LogP contribution in [0.4, 0.5) is 0 Å². The minimum Gasteiger partial charge on any atom is -0.330 e. The molecule has 1 heterocycles. The van der Waals surface area contributed by atoms with E-state index in [4.69, 9.17) is 5.73 Å². The van der Waals surface area contributed by atoms with Gasteiger partial charge < -0.3 is 5.73 Å². The molecule has 3 nitrogen and oxygen atoms in total. The van der Waals surface area contributed by atoms with Gasteiger partial charge in [0, 0.05) is 17.7 Å². The zero-order valence-corrected chi connectivity index (χ0v) is 12.8. The third kappa shape index (κ3) is 4.48. The maximum atomic E-state index is 5.90. The summed E-state index contributed by atoms with van der Waals surface area (Å²) in [6, 6.07) is 8.47. The summed E-state index contributed by atoms with van der Waals surface area (Å²) in [5, 5.41) is 4.20. The van der Waals surface area contributed by atoms with E-state index in [1.165, 1.54) is 11.1 Å². The molecule has 1 atom stereocenters. The molecule has 0 radical (unpaired) electrons. The van der Waals surface area contributed by atoms with Crippen LogP contribution in [0, 0.1) is 5.92 Å². The number of aryl methyl sites for hydroxylation is 2.